The van der Waals surface area contributed by atoms with E-state index in [1.807, 2.05) is 0 Å². The van der Waals surface area contributed by atoms with E-state index in [1.54, 1.807) is 0 Å². The summed E-state index contributed by atoms with van der Waals surface area (Å²) in [6.07, 6.45) is 5.22. The zero-order valence-corrected chi connectivity index (χ0v) is 8.07. The first-order valence-corrected chi connectivity index (χ1v) is 5.11. The third kappa shape index (κ3) is 4.89. The van der Waals surface area contributed by atoms with Crippen LogP contribution < -0.4 is 0 Å². The van der Waals surface area contributed by atoms with Crippen LogP contribution in [0.1, 0.15) is 25.7 Å². The van der Waals surface area contributed by atoms with Gasteiger partial charge in [-0.2, -0.15) is 0 Å². The Morgan fingerprint density at radius 3 is 2.73 bits per heavy atom. The third-order valence-corrected chi connectivity index (χ3v) is 2.77. The summed E-state index contributed by atoms with van der Waals surface area (Å²) in [4.78, 5) is 0. The van der Waals surface area contributed by atoms with Crippen molar-refractivity contribution in [3.8, 4) is 0 Å². The molecule has 1 aliphatic heterocycles. The summed E-state index contributed by atoms with van der Waals surface area (Å²) in [5.41, 5.74) is 0. The minimum absolute atomic E-state index is 0.164. The van der Waals surface area contributed by atoms with E-state index in [0.717, 1.165) is 13.0 Å². The maximum Gasteiger partial charge on any atom is 0.0810 e. The van der Waals surface area contributed by atoms with Crippen molar-refractivity contribution in [2.24, 2.45) is 0 Å². The molecule has 0 aliphatic carbocycles. The Labute approximate surface area is 78.0 Å². The van der Waals surface area contributed by atoms with Crippen LogP contribution in [0.5, 0.6) is 0 Å². The average Bonchev–Trinajstić information content (AvgIpc) is 2.81. The molecule has 0 bridgehead atoms. The molecule has 1 rings (SSSR count). The molecule has 0 radical (unpaired) electrons. The summed E-state index contributed by atoms with van der Waals surface area (Å²) >= 11 is 11.4. The van der Waals surface area contributed by atoms with Crippen molar-refractivity contribution in [2.75, 3.05) is 12.5 Å². The summed E-state index contributed by atoms with van der Waals surface area (Å²) in [6.45, 7) is 0.972. The van der Waals surface area contributed by atoms with Crippen molar-refractivity contribution in [2.45, 2.75) is 37.2 Å². The van der Waals surface area contributed by atoms with Gasteiger partial charge in [-0.05, 0) is 12.8 Å². The lowest BCUT2D eigenvalue weighted by Crippen LogP contribution is -1.99. The Balaban J connectivity index is 1.79. The minimum atomic E-state index is 0.164. The van der Waals surface area contributed by atoms with Crippen molar-refractivity contribution < 1.29 is 4.74 Å². The van der Waals surface area contributed by atoms with Crippen LogP contribution in [0, 0.1) is 0 Å². The molecule has 0 aromatic rings. The quantitative estimate of drug-likeness (QED) is 0.362. The molecule has 1 saturated heterocycles. The third-order valence-electron chi connectivity index (χ3n) is 1.86. The molecule has 1 nitrogen and oxygen atoms in total. The fourth-order valence-electron chi connectivity index (χ4n) is 1.05. The molecule has 0 spiro atoms. The van der Waals surface area contributed by atoms with Crippen LogP contribution in [0.2, 0.25) is 0 Å². The molecule has 66 valence electrons. The van der Waals surface area contributed by atoms with Gasteiger partial charge < -0.3 is 4.74 Å². The van der Waals surface area contributed by atoms with Crippen LogP contribution in [0.15, 0.2) is 0 Å². The summed E-state index contributed by atoms with van der Waals surface area (Å²) in [7, 11) is 0. The molecule has 11 heavy (non-hydrogen) atoms. The highest BCUT2D eigenvalue weighted by Crippen LogP contribution is 2.18. The lowest BCUT2D eigenvalue weighted by molar-refractivity contribution is 0.388. The van der Waals surface area contributed by atoms with Gasteiger partial charge in [0.1, 0.15) is 0 Å². The Kier molecular flexibility index (Phi) is 4.58. The zero-order valence-electron chi connectivity index (χ0n) is 6.56. The molecule has 1 heterocycles. The highest BCUT2D eigenvalue weighted by molar-refractivity contribution is 6.28. The second-order valence-corrected chi connectivity index (χ2v) is 3.92. The largest absolute Gasteiger partial charge is 0.373 e. The van der Waals surface area contributed by atoms with E-state index in [0.29, 0.717) is 12.0 Å². The van der Waals surface area contributed by atoms with Gasteiger partial charge in [0, 0.05) is 11.3 Å². The summed E-state index contributed by atoms with van der Waals surface area (Å²) < 4.78 is 5.08. The molecule has 0 aromatic heterocycles. The number of halogens is 2. The first kappa shape index (κ1) is 9.63. The second kappa shape index (κ2) is 5.23. The topological polar surface area (TPSA) is 12.5 Å². The van der Waals surface area contributed by atoms with Crippen molar-refractivity contribution in [1.29, 1.82) is 0 Å². The van der Waals surface area contributed by atoms with E-state index < -0.39 is 0 Å². The number of hydrogen-bond donors (Lipinski definition) is 0. The minimum Gasteiger partial charge on any atom is -0.373 e. The van der Waals surface area contributed by atoms with E-state index in [9.17, 15) is 0 Å². The molecule has 0 amide bonds. The fraction of sp³-hybridized carbons (Fsp3) is 1.00. The van der Waals surface area contributed by atoms with Crippen molar-refractivity contribution in [3.05, 3.63) is 0 Å². The SMILES string of the molecule is ClC[C@@H](Cl)CCCC[C@@H]1CO1. The first-order valence-electron chi connectivity index (χ1n) is 4.14. The van der Waals surface area contributed by atoms with Crippen LogP contribution in [-0.4, -0.2) is 24.0 Å². The molecular formula is C8H14Cl2O. The van der Waals surface area contributed by atoms with E-state index in [1.165, 1.54) is 19.3 Å². The predicted octanol–water partition coefficient (Wildman–Crippen LogP) is 2.79. The van der Waals surface area contributed by atoms with Crippen molar-refractivity contribution in [1.82, 2.24) is 0 Å². The zero-order chi connectivity index (χ0) is 8.10. The number of rotatable bonds is 6. The Hall–Kier alpha value is 0.540. The smallest absolute Gasteiger partial charge is 0.0810 e. The first-order chi connectivity index (χ1) is 5.33. The number of alkyl halides is 2. The normalized spacial score (nSPS) is 25.1. The predicted molar refractivity (Wildman–Crippen MR) is 48.6 cm³/mol. The van der Waals surface area contributed by atoms with E-state index in [2.05, 4.69) is 0 Å². The molecule has 0 unspecified atom stereocenters. The van der Waals surface area contributed by atoms with Gasteiger partial charge in [-0.1, -0.05) is 12.8 Å². The second-order valence-electron chi connectivity index (χ2n) is 2.99. The number of unbranched alkanes of at least 4 members (excludes halogenated alkanes) is 1. The lowest BCUT2D eigenvalue weighted by atomic mass is 10.1. The van der Waals surface area contributed by atoms with Gasteiger partial charge in [0.2, 0.25) is 0 Å². The van der Waals surface area contributed by atoms with Gasteiger partial charge >= 0.3 is 0 Å². The molecule has 3 heteroatoms. The molecule has 2 atom stereocenters. The highest BCUT2D eigenvalue weighted by atomic mass is 35.5. The average molecular weight is 197 g/mol. The van der Waals surface area contributed by atoms with Gasteiger partial charge in [-0.3, -0.25) is 0 Å². The number of epoxide rings is 1. The molecule has 1 fully saturated rings. The van der Waals surface area contributed by atoms with E-state index in [4.69, 9.17) is 27.9 Å². The Morgan fingerprint density at radius 2 is 2.18 bits per heavy atom. The van der Waals surface area contributed by atoms with E-state index >= 15 is 0 Å². The maximum absolute atomic E-state index is 5.83. The van der Waals surface area contributed by atoms with Crippen LogP contribution in [0.3, 0.4) is 0 Å². The Bertz CT molecular complexity index is 104. The van der Waals surface area contributed by atoms with Gasteiger partial charge in [-0.15, -0.1) is 23.2 Å². The molecule has 0 aromatic carbocycles. The van der Waals surface area contributed by atoms with Gasteiger partial charge in [0.15, 0.2) is 0 Å². The van der Waals surface area contributed by atoms with Gasteiger partial charge in [0.05, 0.1) is 12.7 Å². The van der Waals surface area contributed by atoms with Crippen molar-refractivity contribution in [3.63, 3.8) is 0 Å². The lowest BCUT2D eigenvalue weighted by Gasteiger charge is -2.03. The maximum atomic E-state index is 5.83. The fourth-order valence-corrected chi connectivity index (χ4v) is 1.36. The van der Waals surface area contributed by atoms with Crippen LogP contribution in [0.4, 0.5) is 0 Å². The number of hydrogen-bond acceptors (Lipinski definition) is 1. The molecular weight excluding hydrogens is 183 g/mol. The van der Waals surface area contributed by atoms with Crippen LogP contribution in [-0.2, 0) is 4.74 Å². The van der Waals surface area contributed by atoms with Gasteiger partial charge in [0.25, 0.3) is 0 Å². The van der Waals surface area contributed by atoms with Gasteiger partial charge in [-0.25, -0.2) is 0 Å². The standard InChI is InChI=1S/C8H14Cl2O/c9-5-7(10)3-1-2-4-8-6-11-8/h7-8H,1-6H2/t7-,8+/m0/s1. The van der Waals surface area contributed by atoms with Crippen LogP contribution >= 0.6 is 23.2 Å². The molecule has 0 saturated carbocycles. The molecule has 0 N–H and O–H groups in total. The Morgan fingerprint density at radius 1 is 1.45 bits per heavy atom. The number of ether oxygens (including phenoxy) is 1. The summed E-state index contributed by atoms with van der Waals surface area (Å²) in [5, 5.41) is 0.164. The van der Waals surface area contributed by atoms with Crippen molar-refractivity contribution >= 4 is 23.2 Å². The summed E-state index contributed by atoms with van der Waals surface area (Å²) in [6, 6.07) is 0. The highest BCUT2D eigenvalue weighted by Gasteiger charge is 2.21. The van der Waals surface area contributed by atoms with Crippen LogP contribution in [0.25, 0.3) is 0 Å². The monoisotopic (exact) mass is 196 g/mol. The summed E-state index contributed by atoms with van der Waals surface area (Å²) in [5.74, 6) is 0.571. The molecule has 1 aliphatic rings. The van der Waals surface area contributed by atoms with E-state index in [-0.39, 0.29) is 5.38 Å².